The van der Waals surface area contributed by atoms with Gasteiger partial charge in [-0.1, -0.05) is 35.1 Å². The Balaban J connectivity index is 1.04. The number of aliphatic hydroxyl groups is 1. The molecule has 2 fully saturated rings. The van der Waals surface area contributed by atoms with E-state index in [4.69, 9.17) is 23.7 Å². The van der Waals surface area contributed by atoms with E-state index < -0.39 is 29.2 Å². The molecule has 310 valence electrons. The number of benzene rings is 2. The molecule has 3 aromatic rings. The monoisotopic (exact) mass is 846 g/mol. The van der Waals surface area contributed by atoms with E-state index in [9.17, 15) is 29.6 Å². The number of carbonyl (C=O) groups excluding carboxylic acids is 3. The highest BCUT2D eigenvalue weighted by Gasteiger charge is 2.46. The zero-order valence-electron chi connectivity index (χ0n) is 32.5. The summed E-state index contributed by atoms with van der Waals surface area (Å²) in [5.41, 5.74) is 2.67. The van der Waals surface area contributed by atoms with Gasteiger partial charge in [-0.25, -0.2) is 14.7 Å². The molecular formula is C40H42N6O11S2. The Bertz CT molecular complexity index is 2240. The van der Waals surface area contributed by atoms with Crippen LogP contribution in [0.25, 0.3) is 0 Å². The minimum absolute atomic E-state index is 0.0737. The summed E-state index contributed by atoms with van der Waals surface area (Å²) in [4.78, 5) is 64.9. The number of anilines is 1. The zero-order chi connectivity index (χ0) is 42.0. The van der Waals surface area contributed by atoms with E-state index in [2.05, 4.69) is 23.1 Å². The van der Waals surface area contributed by atoms with Gasteiger partial charge in [-0.3, -0.25) is 24.7 Å². The Morgan fingerprint density at radius 1 is 0.966 bits per heavy atom. The van der Waals surface area contributed by atoms with Gasteiger partial charge in [-0.15, -0.1) is 0 Å². The molecule has 5 heterocycles. The number of amides is 3. The molecule has 4 aliphatic rings. The van der Waals surface area contributed by atoms with Crippen LogP contribution in [0.15, 0.2) is 76.9 Å². The summed E-state index contributed by atoms with van der Waals surface area (Å²) in [6, 6.07) is 7.98. The molecule has 3 amide bonds. The number of aliphatic hydroxyl groups excluding tert-OH is 1. The number of ether oxygens (including phenoxy) is 5. The summed E-state index contributed by atoms with van der Waals surface area (Å²) >= 11 is 0. The summed E-state index contributed by atoms with van der Waals surface area (Å²) in [6.45, 7) is 10.7. The van der Waals surface area contributed by atoms with Crippen molar-refractivity contribution in [3.63, 3.8) is 0 Å². The highest BCUT2D eigenvalue weighted by molar-refractivity contribution is 8.76. The van der Waals surface area contributed by atoms with Gasteiger partial charge < -0.3 is 38.6 Å². The molecule has 1 aromatic heterocycles. The van der Waals surface area contributed by atoms with E-state index in [-0.39, 0.29) is 78.4 Å². The molecule has 19 heteroatoms. The first kappa shape index (κ1) is 41.4. The third kappa shape index (κ3) is 8.67. The van der Waals surface area contributed by atoms with E-state index in [0.717, 1.165) is 16.0 Å². The van der Waals surface area contributed by atoms with Gasteiger partial charge in [-0.05, 0) is 42.7 Å². The minimum Gasteiger partial charge on any atom is -0.493 e. The van der Waals surface area contributed by atoms with E-state index in [0.29, 0.717) is 47.2 Å². The van der Waals surface area contributed by atoms with Gasteiger partial charge in [0.2, 0.25) is 0 Å². The first-order valence-electron chi connectivity index (χ1n) is 18.6. The van der Waals surface area contributed by atoms with E-state index in [1.165, 1.54) is 71.2 Å². The minimum atomic E-state index is -1.49. The van der Waals surface area contributed by atoms with Crippen LogP contribution in [-0.2, 0) is 4.74 Å². The molecule has 1 N–H and O–H groups in total. The molecule has 2 saturated heterocycles. The van der Waals surface area contributed by atoms with Gasteiger partial charge in [0.25, 0.3) is 17.5 Å². The zero-order valence-corrected chi connectivity index (χ0v) is 34.2. The van der Waals surface area contributed by atoms with Crippen molar-refractivity contribution in [1.82, 2.24) is 14.8 Å². The molecule has 0 saturated carbocycles. The quantitative estimate of drug-likeness (QED) is 0.0632. The predicted molar refractivity (Wildman–Crippen MR) is 221 cm³/mol. The van der Waals surface area contributed by atoms with Gasteiger partial charge in [0.1, 0.15) is 11.6 Å². The van der Waals surface area contributed by atoms with Crippen LogP contribution in [0.2, 0.25) is 0 Å². The second-order valence-corrected chi connectivity index (χ2v) is 16.9. The van der Waals surface area contributed by atoms with E-state index in [1.54, 1.807) is 30.2 Å². The number of fused-ring (bicyclic) bond motifs is 4. The molecule has 4 aliphatic heterocycles. The smallest absolute Gasteiger partial charge is 0.416 e. The second kappa shape index (κ2) is 17.6. The maximum Gasteiger partial charge on any atom is 0.416 e. The Labute approximate surface area is 347 Å². The van der Waals surface area contributed by atoms with E-state index >= 15 is 0 Å². The van der Waals surface area contributed by atoms with Gasteiger partial charge in [0, 0.05) is 61.4 Å². The number of hydrogen-bond acceptors (Lipinski definition) is 15. The number of nitrogens with zero attached hydrogens (tertiary/aromatic N) is 6. The van der Waals surface area contributed by atoms with Crippen LogP contribution in [0.5, 0.6) is 23.0 Å². The summed E-state index contributed by atoms with van der Waals surface area (Å²) in [5, 5.41) is 23.0. The lowest BCUT2D eigenvalue weighted by Crippen LogP contribution is -2.51. The molecule has 0 bridgehead atoms. The Kier molecular flexibility index (Phi) is 12.3. The fourth-order valence-corrected chi connectivity index (χ4v) is 9.08. The van der Waals surface area contributed by atoms with Crippen molar-refractivity contribution in [2.75, 3.05) is 52.0 Å². The maximum absolute atomic E-state index is 14.0. The average molecular weight is 847 g/mol. The first-order chi connectivity index (χ1) is 28.4. The summed E-state index contributed by atoms with van der Waals surface area (Å²) < 4.78 is 29.1. The SMILES string of the molecule is C=C1C[C@H]2C=Nc3cc(OCCCOc4cc5c(cc4OC)C(=O)N4CC(=C)C[C@H]4C(O)N5C(=O)OCC(C)SSc4cc([N+](=O)[O-])ccn4)c(OC)cc3C(=O)N2C1. The number of aromatic nitrogens is 1. The van der Waals surface area contributed by atoms with Gasteiger partial charge >= 0.3 is 6.09 Å². The fourth-order valence-electron chi connectivity index (χ4n) is 7.19. The molecule has 4 atom stereocenters. The van der Waals surface area contributed by atoms with Gasteiger partial charge in [-0.2, -0.15) is 0 Å². The molecule has 17 nitrogen and oxygen atoms in total. The molecular weight excluding hydrogens is 805 g/mol. The fraction of sp³-hybridized carbons (Fsp3) is 0.375. The van der Waals surface area contributed by atoms with Crippen molar-refractivity contribution in [3.05, 3.63) is 88.1 Å². The number of nitro groups is 1. The third-order valence-corrected chi connectivity index (χ3v) is 12.8. The molecule has 0 aliphatic carbocycles. The Morgan fingerprint density at radius 2 is 1.63 bits per heavy atom. The van der Waals surface area contributed by atoms with Crippen LogP contribution < -0.4 is 23.8 Å². The summed E-state index contributed by atoms with van der Waals surface area (Å²) in [5.74, 6) is 0.645. The number of pyridine rings is 1. The summed E-state index contributed by atoms with van der Waals surface area (Å²) in [7, 11) is 5.42. The molecule has 0 radical (unpaired) electrons. The normalized spacial score (nSPS) is 19.9. The van der Waals surface area contributed by atoms with Crippen molar-refractivity contribution in [1.29, 1.82) is 0 Å². The molecule has 2 unspecified atom stereocenters. The van der Waals surface area contributed by atoms with Crippen LogP contribution in [-0.4, -0.2) is 120 Å². The third-order valence-electron chi connectivity index (χ3n) is 10.1. The average Bonchev–Trinajstić information content (AvgIpc) is 3.77. The van der Waals surface area contributed by atoms with E-state index in [1.807, 2.05) is 0 Å². The molecule has 59 heavy (non-hydrogen) atoms. The predicted octanol–water partition coefficient (Wildman–Crippen LogP) is 6.22. The number of rotatable bonds is 14. The Hall–Kier alpha value is -5.79. The van der Waals surface area contributed by atoms with Crippen LogP contribution in [0.1, 0.15) is 46.9 Å². The standard InChI is InChI=1S/C40H42N6O11S2/c1-22-11-26-18-42-29-16-34(32(53-4)14-27(29)37(47)43(26)19-22)55-9-6-10-56-35-17-30-28(15-33(35)54-5)38(48)44-20-23(2)12-31(44)39(49)45(30)40(50)57-21-24(3)58-59-36-13-25(46(51)52)7-8-41-36/h7-8,13-18,24,26,31,39,49H,1-2,6,9-12,19-21H2,3-5H3/t24?,26-,31-,39?/m0/s1. The number of methoxy groups -OCH3 is 2. The lowest BCUT2D eigenvalue weighted by atomic mass is 10.1. The van der Waals surface area contributed by atoms with Crippen LogP contribution in [0.4, 0.5) is 21.9 Å². The number of hydrogen-bond donors (Lipinski definition) is 1. The van der Waals surface area contributed by atoms with Crippen molar-refractivity contribution in [3.8, 4) is 23.0 Å². The van der Waals surface area contributed by atoms with Crippen LogP contribution >= 0.6 is 21.6 Å². The van der Waals surface area contributed by atoms with Crippen molar-refractivity contribution in [2.45, 2.75) is 54.8 Å². The molecule has 2 aromatic carbocycles. The van der Waals surface area contributed by atoms with Crippen LogP contribution in [0.3, 0.4) is 0 Å². The largest absolute Gasteiger partial charge is 0.493 e. The van der Waals surface area contributed by atoms with Gasteiger partial charge in [0.15, 0.2) is 29.2 Å². The van der Waals surface area contributed by atoms with Crippen molar-refractivity contribution < 1.29 is 48.1 Å². The maximum atomic E-state index is 14.0. The highest BCUT2D eigenvalue weighted by Crippen LogP contribution is 2.43. The lowest BCUT2D eigenvalue weighted by Gasteiger charge is -2.31. The second-order valence-electron chi connectivity index (χ2n) is 14.2. The topological polar surface area (TPSA) is 196 Å². The highest BCUT2D eigenvalue weighted by atomic mass is 33.1. The first-order valence-corrected chi connectivity index (χ1v) is 20.8. The number of carbonyl (C=O) groups is 3. The van der Waals surface area contributed by atoms with Crippen molar-refractivity contribution >= 4 is 62.8 Å². The lowest BCUT2D eigenvalue weighted by molar-refractivity contribution is -0.385. The van der Waals surface area contributed by atoms with Gasteiger partial charge in [0.05, 0.1) is 66.9 Å². The molecule has 0 spiro atoms. The van der Waals surface area contributed by atoms with Crippen molar-refractivity contribution in [2.24, 2.45) is 4.99 Å². The summed E-state index contributed by atoms with van der Waals surface area (Å²) in [6.07, 6.45) is 2.05. The Morgan fingerprint density at radius 3 is 2.34 bits per heavy atom. The molecule has 7 rings (SSSR count). The number of aliphatic imine (C=N–C) groups is 1. The van der Waals surface area contributed by atoms with Crippen LogP contribution in [0, 0.1) is 10.1 Å².